The highest BCUT2D eigenvalue weighted by molar-refractivity contribution is 5.78. The Morgan fingerprint density at radius 1 is 1.23 bits per heavy atom. The fraction of sp³-hybridized carbons (Fsp3) is 0.600. The van der Waals surface area contributed by atoms with Crippen molar-refractivity contribution in [2.24, 2.45) is 0 Å². The maximum Gasteiger partial charge on any atom is 0.411 e. The fourth-order valence-corrected chi connectivity index (χ4v) is 2.57. The molecule has 1 amide bonds. The van der Waals surface area contributed by atoms with Gasteiger partial charge in [-0.05, 0) is 32.8 Å². The van der Waals surface area contributed by atoms with Gasteiger partial charge in [-0.15, -0.1) is 0 Å². The van der Waals surface area contributed by atoms with E-state index in [1.54, 1.807) is 4.90 Å². The van der Waals surface area contributed by atoms with Crippen LogP contribution in [0, 0.1) is 0 Å². The molecule has 0 aromatic heterocycles. The second kappa shape index (κ2) is 9.03. The van der Waals surface area contributed by atoms with Crippen LogP contribution < -0.4 is 0 Å². The van der Waals surface area contributed by atoms with E-state index in [4.69, 9.17) is 14.2 Å². The van der Waals surface area contributed by atoms with Crippen LogP contribution in [-0.2, 0) is 25.5 Å². The minimum atomic E-state index is -0.761. The molecule has 1 heterocycles. The second-order valence-electron chi connectivity index (χ2n) is 7.44. The lowest BCUT2D eigenvalue weighted by molar-refractivity contribution is -0.186. The smallest absolute Gasteiger partial charge is 0.411 e. The van der Waals surface area contributed by atoms with Gasteiger partial charge < -0.3 is 14.2 Å². The lowest BCUT2D eigenvalue weighted by Crippen LogP contribution is -2.61. The van der Waals surface area contributed by atoms with Crippen LogP contribution in [0.5, 0.6) is 0 Å². The molecule has 1 aliphatic heterocycles. The van der Waals surface area contributed by atoms with Gasteiger partial charge in [0, 0.05) is 6.54 Å². The summed E-state index contributed by atoms with van der Waals surface area (Å²) in [6.45, 7) is 8.49. The van der Waals surface area contributed by atoms with Gasteiger partial charge in [0.25, 0.3) is 0 Å². The highest BCUT2D eigenvalue weighted by Gasteiger charge is 2.46. The number of carbonyl (C=O) groups is 2. The molecule has 0 radical (unpaired) electrons. The Morgan fingerprint density at radius 2 is 1.92 bits per heavy atom. The number of nitrogens with zero attached hydrogens (tertiary/aromatic N) is 1. The average Bonchev–Trinajstić information content (AvgIpc) is 2.53. The molecule has 0 saturated carbocycles. The molecule has 0 bridgehead atoms. The number of ether oxygens (including phenoxy) is 3. The predicted octanol–water partition coefficient (Wildman–Crippen LogP) is 3.53. The summed E-state index contributed by atoms with van der Waals surface area (Å²) in [6, 6.07) is 9.23. The van der Waals surface area contributed by atoms with E-state index in [2.05, 4.69) is 0 Å². The predicted molar refractivity (Wildman–Crippen MR) is 97.6 cm³/mol. The lowest BCUT2D eigenvalue weighted by Gasteiger charge is -2.42. The number of carbonyl (C=O) groups excluding carboxylic acids is 2. The largest absolute Gasteiger partial charge is 0.464 e. The second-order valence-corrected chi connectivity index (χ2v) is 7.44. The molecule has 2 rings (SSSR count). The molecular weight excluding hydrogens is 334 g/mol. The zero-order valence-corrected chi connectivity index (χ0v) is 16.1. The number of amides is 1. The number of hydrogen-bond donors (Lipinski definition) is 0. The minimum absolute atomic E-state index is 0.291. The van der Waals surface area contributed by atoms with Gasteiger partial charge in [-0.1, -0.05) is 43.7 Å². The zero-order valence-electron chi connectivity index (χ0n) is 16.1. The van der Waals surface area contributed by atoms with Crippen LogP contribution >= 0.6 is 0 Å². The molecule has 1 saturated heterocycles. The molecule has 6 heteroatoms. The van der Waals surface area contributed by atoms with Gasteiger partial charge >= 0.3 is 12.1 Å². The first kappa shape index (κ1) is 20.2. The van der Waals surface area contributed by atoms with E-state index in [0.717, 1.165) is 18.4 Å². The third-order valence-electron chi connectivity index (χ3n) is 3.99. The Labute approximate surface area is 155 Å². The molecule has 0 N–H and O–H groups in total. The molecule has 0 spiro atoms. The van der Waals surface area contributed by atoms with Gasteiger partial charge in [0.1, 0.15) is 5.60 Å². The average molecular weight is 363 g/mol. The van der Waals surface area contributed by atoms with Crippen LogP contribution in [0.3, 0.4) is 0 Å². The number of benzene rings is 1. The minimum Gasteiger partial charge on any atom is -0.464 e. The van der Waals surface area contributed by atoms with Crippen LogP contribution in [0.4, 0.5) is 4.79 Å². The van der Waals surface area contributed by atoms with Crippen LogP contribution in [0.2, 0.25) is 0 Å². The van der Waals surface area contributed by atoms with Crippen molar-refractivity contribution in [1.29, 1.82) is 0 Å². The monoisotopic (exact) mass is 363 g/mol. The summed E-state index contributed by atoms with van der Waals surface area (Å²) in [6.07, 6.45) is 0.535. The number of unbranched alkanes of at least 4 members (excludes halogenated alkanes) is 1. The Kier molecular flexibility index (Phi) is 7.03. The van der Waals surface area contributed by atoms with Crippen molar-refractivity contribution in [3.63, 3.8) is 0 Å². The van der Waals surface area contributed by atoms with Crippen molar-refractivity contribution < 1.29 is 23.8 Å². The van der Waals surface area contributed by atoms with Crippen molar-refractivity contribution >= 4 is 12.1 Å². The summed E-state index contributed by atoms with van der Waals surface area (Å²) in [7, 11) is 0. The molecule has 1 aromatic carbocycles. The van der Waals surface area contributed by atoms with Crippen LogP contribution in [0.1, 0.15) is 46.1 Å². The SMILES string of the molecule is CCCCOC(=O)[C@@H]1OC[C@@H]1N(Cc1ccccc1)C(=O)OC(C)(C)C. The standard InChI is InChI=1S/C20H29NO5/c1-5-6-12-24-18(22)17-16(14-25-17)21(19(23)26-20(2,3)4)13-15-10-8-7-9-11-15/h7-11,16-17H,5-6,12-14H2,1-4H3/t16-,17+/m0/s1. The van der Waals surface area contributed by atoms with Gasteiger partial charge in [-0.25, -0.2) is 9.59 Å². The van der Waals surface area contributed by atoms with E-state index < -0.39 is 23.8 Å². The van der Waals surface area contributed by atoms with Crippen molar-refractivity contribution in [2.45, 2.75) is 64.8 Å². The highest BCUT2D eigenvalue weighted by Crippen LogP contribution is 2.25. The van der Waals surface area contributed by atoms with E-state index in [9.17, 15) is 9.59 Å². The zero-order chi connectivity index (χ0) is 19.2. The Hall–Kier alpha value is -2.08. The van der Waals surface area contributed by atoms with Crippen molar-refractivity contribution in [2.75, 3.05) is 13.2 Å². The van der Waals surface area contributed by atoms with E-state index in [0.29, 0.717) is 19.8 Å². The molecular formula is C20H29NO5. The Bertz CT molecular complexity index is 596. The van der Waals surface area contributed by atoms with Crippen LogP contribution in [-0.4, -0.2) is 47.9 Å². The Morgan fingerprint density at radius 3 is 2.46 bits per heavy atom. The Balaban J connectivity index is 2.09. The van der Waals surface area contributed by atoms with E-state index in [1.807, 2.05) is 58.0 Å². The summed E-state index contributed by atoms with van der Waals surface area (Å²) in [5.74, 6) is -0.420. The van der Waals surface area contributed by atoms with Gasteiger partial charge in [0.2, 0.25) is 0 Å². The number of rotatable bonds is 7. The summed E-state index contributed by atoms with van der Waals surface area (Å²) in [5, 5.41) is 0. The molecule has 2 atom stereocenters. The first-order valence-corrected chi connectivity index (χ1v) is 9.13. The molecule has 26 heavy (non-hydrogen) atoms. The molecule has 1 fully saturated rings. The normalized spacial score (nSPS) is 19.4. The summed E-state index contributed by atoms with van der Waals surface area (Å²) in [5.41, 5.74) is 0.344. The third-order valence-corrected chi connectivity index (χ3v) is 3.99. The molecule has 0 aliphatic carbocycles. The van der Waals surface area contributed by atoms with Gasteiger partial charge in [-0.2, -0.15) is 0 Å². The maximum atomic E-state index is 12.7. The number of hydrogen-bond acceptors (Lipinski definition) is 5. The topological polar surface area (TPSA) is 65.1 Å². The number of esters is 1. The van der Waals surface area contributed by atoms with Gasteiger partial charge in [-0.3, -0.25) is 4.90 Å². The fourth-order valence-electron chi connectivity index (χ4n) is 2.57. The molecule has 144 valence electrons. The van der Waals surface area contributed by atoms with E-state index >= 15 is 0 Å². The summed E-state index contributed by atoms with van der Waals surface area (Å²) < 4.78 is 16.2. The molecule has 1 aliphatic rings. The van der Waals surface area contributed by atoms with Crippen molar-refractivity contribution in [3.8, 4) is 0 Å². The molecule has 6 nitrogen and oxygen atoms in total. The van der Waals surface area contributed by atoms with Crippen molar-refractivity contribution in [3.05, 3.63) is 35.9 Å². The van der Waals surface area contributed by atoms with Gasteiger partial charge in [0.05, 0.1) is 19.3 Å². The molecule has 0 unspecified atom stereocenters. The molecule has 1 aromatic rings. The van der Waals surface area contributed by atoms with Crippen molar-refractivity contribution in [1.82, 2.24) is 4.90 Å². The third kappa shape index (κ3) is 5.73. The summed E-state index contributed by atoms with van der Waals surface area (Å²) >= 11 is 0. The quantitative estimate of drug-likeness (QED) is 0.548. The van der Waals surface area contributed by atoms with E-state index in [-0.39, 0.29) is 6.04 Å². The van der Waals surface area contributed by atoms with Gasteiger partial charge in [0.15, 0.2) is 6.10 Å². The first-order valence-electron chi connectivity index (χ1n) is 9.13. The highest BCUT2D eigenvalue weighted by atomic mass is 16.6. The van der Waals surface area contributed by atoms with Crippen LogP contribution in [0.15, 0.2) is 30.3 Å². The lowest BCUT2D eigenvalue weighted by atomic mass is 10.0. The maximum absolute atomic E-state index is 12.7. The van der Waals surface area contributed by atoms with E-state index in [1.165, 1.54) is 0 Å². The first-order chi connectivity index (χ1) is 12.3. The summed E-state index contributed by atoms with van der Waals surface area (Å²) in [4.78, 5) is 26.5. The van der Waals surface area contributed by atoms with Crippen LogP contribution in [0.25, 0.3) is 0 Å².